The summed E-state index contributed by atoms with van der Waals surface area (Å²) in [5.41, 5.74) is 6.61. The number of aryl methyl sites for hydroxylation is 2. The molecule has 0 aliphatic rings. The van der Waals surface area contributed by atoms with E-state index < -0.39 is 5.97 Å². The average molecular weight is 533 g/mol. The van der Waals surface area contributed by atoms with Crippen LogP contribution >= 0.6 is 22.7 Å². The lowest BCUT2D eigenvalue weighted by atomic mass is 10.1. The van der Waals surface area contributed by atoms with Crippen LogP contribution in [0.2, 0.25) is 0 Å². The first-order valence-corrected chi connectivity index (χ1v) is 13.6. The molecule has 38 heavy (non-hydrogen) atoms. The quantitative estimate of drug-likeness (QED) is 0.168. The number of anilines is 3. The van der Waals surface area contributed by atoms with Crippen LogP contribution in [0, 0.1) is 25.2 Å². The summed E-state index contributed by atoms with van der Waals surface area (Å²) in [6.45, 7) is 4.19. The third kappa shape index (κ3) is 5.45. The number of aliphatic carboxylic acids is 1. The third-order valence-electron chi connectivity index (χ3n) is 6.11. The molecule has 1 N–H and O–H groups in total. The molecule has 0 spiro atoms. The van der Waals surface area contributed by atoms with E-state index in [0.29, 0.717) is 0 Å². The highest BCUT2D eigenvalue weighted by molar-refractivity contribution is 7.24. The minimum Gasteiger partial charge on any atom is -0.477 e. The van der Waals surface area contributed by atoms with Crippen LogP contribution in [0.3, 0.4) is 0 Å². The molecule has 186 valence electrons. The van der Waals surface area contributed by atoms with Gasteiger partial charge in [0.2, 0.25) is 0 Å². The summed E-state index contributed by atoms with van der Waals surface area (Å²) in [6.07, 6.45) is 1.41. The minimum atomic E-state index is -1.22. The standard InChI is InChI=1S/C32H24N2O2S2/c1-21-3-9-25(10-4-21)34(26-11-5-22(2)6-12-26)27-13-7-23(8-14-27)29-17-18-31(38-29)30-16-15-28(37-30)19-24(20-33)32(35)36/h3-19H,1-2H3,(H,35,36)/b24-19-. The van der Waals surface area contributed by atoms with Gasteiger partial charge in [-0.05, 0) is 86.2 Å². The third-order valence-corrected chi connectivity index (χ3v) is 8.47. The van der Waals surface area contributed by atoms with Crippen molar-refractivity contribution in [1.82, 2.24) is 0 Å². The predicted octanol–water partition coefficient (Wildman–Crippen LogP) is 9.22. The second-order valence-electron chi connectivity index (χ2n) is 8.89. The van der Waals surface area contributed by atoms with E-state index in [0.717, 1.165) is 42.1 Å². The Bertz CT molecular complexity index is 1610. The molecule has 3 aromatic carbocycles. The highest BCUT2D eigenvalue weighted by Crippen LogP contribution is 2.40. The van der Waals surface area contributed by atoms with E-state index in [-0.39, 0.29) is 5.57 Å². The van der Waals surface area contributed by atoms with Gasteiger partial charge in [0.05, 0.1) is 0 Å². The van der Waals surface area contributed by atoms with Crippen LogP contribution in [0.15, 0.2) is 103 Å². The summed E-state index contributed by atoms with van der Waals surface area (Å²) in [5, 5.41) is 18.1. The number of rotatable bonds is 7. The van der Waals surface area contributed by atoms with Gasteiger partial charge in [0.25, 0.3) is 0 Å². The molecule has 0 amide bonds. The van der Waals surface area contributed by atoms with Gasteiger partial charge in [-0.3, -0.25) is 0 Å². The number of carboxylic acid groups (broad SMARTS) is 1. The highest BCUT2D eigenvalue weighted by Gasteiger charge is 2.14. The van der Waals surface area contributed by atoms with Crippen LogP contribution < -0.4 is 4.90 Å². The summed E-state index contributed by atoms with van der Waals surface area (Å²) in [7, 11) is 0. The van der Waals surface area contributed by atoms with Crippen molar-refractivity contribution < 1.29 is 9.90 Å². The molecule has 5 rings (SSSR count). The molecule has 5 aromatic rings. The van der Waals surface area contributed by atoms with Gasteiger partial charge in [-0.2, -0.15) is 5.26 Å². The molecular weight excluding hydrogens is 508 g/mol. The van der Waals surface area contributed by atoms with Gasteiger partial charge in [-0.1, -0.05) is 47.5 Å². The van der Waals surface area contributed by atoms with Crippen molar-refractivity contribution in [2.75, 3.05) is 4.90 Å². The first-order valence-electron chi connectivity index (χ1n) is 12.0. The molecule has 0 fully saturated rings. The number of thiophene rings is 2. The largest absolute Gasteiger partial charge is 0.477 e. The average Bonchev–Trinajstić information content (AvgIpc) is 3.60. The molecule has 2 heterocycles. The van der Waals surface area contributed by atoms with E-state index in [1.165, 1.54) is 28.5 Å². The molecule has 0 radical (unpaired) electrons. The number of nitrogens with zero attached hydrogens (tertiary/aromatic N) is 2. The van der Waals surface area contributed by atoms with Crippen molar-refractivity contribution in [3.63, 3.8) is 0 Å². The summed E-state index contributed by atoms with van der Waals surface area (Å²) >= 11 is 3.16. The number of hydrogen-bond acceptors (Lipinski definition) is 5. The Kier molecular flexibility index (Phi) is 7.23. The number of carbonyl (C=O) groups is 1. The second kappa shape index (κ2) is 10.9. The van der Waals surface area contributed by atoms with Gasteiger partial charge in [-0.15, -0.1) is 22.7 Å². The highest BCUT2D eigenvalue weighted by atomic mass is 32.1. The molecule has 0 saturated heterocycles. The van der Waals surface area contributed by atoms with Gasteiger partial charge >= 0.3 is 5.97 Å². The first-order chi connectivity index (χ1) is 18.4. The maximum atomic E-state index is 11.1. The maximum Gasteiger partial charge on any atom is 0.346 e. The Labute approximate surface area is 230 Å². The van der Waals surface area contributed by atoms with Gasteiger partial charge in [0, 0.05) is 36.6 Å². The zero-order valence-electron chi connectivity index (χ0n) is 20.9. The lowest BCUT2D eigenvalue weighted by molar-refractivity contribution is -0.132. The molecular formula is C32H24N2O2S2. The van der Waals surface area contributed by atoms with Crippen molar-refractivity contribution in [3.8, 4) is 26.3 Å². The molecule has 0 bridgehead atoms. The number of benzene rings is 3. The Morgan fingerprint density at radius 1 is 0.711 bits per heavy atom. The van der Waals surface area contributed by atoms with Crippen LogP contribution in [0.25, 0.3) is 26.3 Å². The molecule has 0 aliphatic carbocycles. The molecule has 0 saturated carbocycles. The Morgan fingerprint density at radius 2 is 1.18 bits per heavy atom. The molecule has 4 nitrogen and oxygen atoms in total. The Balaban J connectivity index is 1.42. The van der Waals surface area contributed by atoms with Crippen LogP contribution in [-0.4, -0.2) is 11.1 Å². The summed E-state index contributed by atoms with van der Waals surface area (Å²) in [6, 6.07) is 35.5. The SMILES string of the molecule is Cc1ccc(N(c2ccc(C)cc2)c2ccc(-c3ccc(-c4ccc(/C=C(/C#N)C(=O)O)s4)s3)cc2)cc1. The summed E-state index contributed by atoms with van der Waals surface area (Å²) < 4.78 is 0. The maximum absolute atomic E-state index is 11.1. The minimum absolute atomic E-state index is 0.268. The zero-order chi connectivity index (χ0) is 26.6. The van der Waals surface area contributed by atoms with E-state index in [1.807, 2.05) is 12.1 Å². The topological polar surface area (TPSA) is 64.3 Å². The normalized spacial score (nSPS) is 11.2. The molecule has 0 atom stereocenters. The number of carboxylic acids is 1. The zero-order valence-corrected chi connectivity index (χ0v) is 22.5. The van der Waals surface area contributed by atoms with Crippen molar-refractivity contribution in [1.29, 1.82) is 5.26 Å². The van der Waals surface area contributed by atoms with Crippen molar-refractivity contribution in [2.45, 2.75) is 13.8 Å². The van der Waals surface area contributed by atoms with Gasteiger partial charge in [-0.25, -0.2) is 4.79 Å². The van der Waals surface area contributed by atoms with E-state index in [2.05, 4.69) is 104 Å². The van der Waals surface area contributed by atoms with E-state index in [9.17, 15) is 4.79 Å². The van der Waals surface area contributed by atoms with Crippen LogP contribution in [0.1, 0.15) is 16.0 Å². The second-order valence-corrected chi connectivity index (χ2v) is 11.1. The van der Waals surface area contributed by atoms with Crippen LogP contribution in [0.5, 0.6) is 0 Å². The van der Waals surface area contributed by atoms with Gasteiger partial charge < -0.3 is 10.0 Å². The molecule has 0 unspecified atom stereocenters. The first kappa shape index (κ1) is 25.2. The molecule has 2 aromatic heterocycles. The van der Waals surface area contributed by atoms with Crippen molar-refractivity contribution >= 4 is 51.8 Å². The fourth-order valence-electron chi connectivity index (χ4n) is 4.08. The van der Waals surface area contributed by atoms with E-state index in [1.54, 1.807) is 17.4 Å². The molecule has 6 heteroatoms. The van der Waals surface area contributed by atoms with Crippen molar-refractivity contribution in [2.24, 2.45) is 0 Å². The fraction of sp³-hybridized carbons (Fsp3) is 0.0625. The fourth-order valence-corrected chi connectivity index (χ4v) is 6.14. The lowest BCUT2D eigenvalue weighted by Gasteiger charge is -2.26. The van der Waals surface area contributed by atoms with Crippen LogP contribution in [0.4, 0.5) is 17.1 Å². The van der Waals surface area contributed by atoms with Crippen molar-refractivity contribution in [3.05, 3.63) is 119 Å². The summed E-state index contributed by atoms with van der Waals surface area (Å²) in [4.78, 5) is 17.4. The summed E-state index contributed by atoms with van der Waals surface area (Å²) in [5.74, 6) is -1.22. The smallest absolute Gasteiger partial charge is 0.346 e. The Hall–Kier alpha value is -4.44. The Morgan fingerprint density at radius 3 is 1.71 bits per heavy atom. The van der Waals surface area contributed by atoms with Crippen LogP contribution in [-0.2, 0) is 4.79 Å². The van der Waals surface area contributed by atoms with E-state index >= 15 is 0 Å². The van der Waals surface area contributed by atoms with E-state index in [4.69, 9.17) is 10.4 Å². The van der Waals surface area contributed by atoms with Gasteiger partial charge in [0.1, 0.15) is 11.6 Å². The predicted molar refractivity (Wildman–Crippen MR) is 158 cm³/mol. The number of hydrogen-bond donors (Lipinski definition) is 1. The molecule has 0 aliphatic heterocycles. The number of nitriles is 1. The lowest BCUT2D eigenvalue weighted by Crippen LogP contribution is -2.09. The monoisotopic (exact) mass is 532 g/mol. The van der Waals surface area contributed by atoms with Gasteiger partial charge in [0.15, 0.2) is 0 Å².